The molecule has 0 aromatic heterocycles. The van der Waals surface area contributed by atoms with Crippen LogP contribution in [-0.2, 0) is 9.59 Å². The van der Waals surface area contributed by atoms with Crippen LogP contribution in [0.25, 0.3) is 0 Å². The van der Waals surface area contributed by atoms with Gasteiger partial charge >= 0.3 is 0 Å². The highest BCUT2D eigenvalue weighted by Crippen LogP contribution is 2.29. The summed E-state index contributed by atoms with van der Waals surface area (Å²) in [6, 6.07) is 6.90. The minimum atomic E-state index is -0.546. The van der Waals surface area contributed by atoms with E-state index >= 15 is 0 Å². The van der Waals surface area contributed by atoms with E-state index in [2.05, 4.69) is 0 Å². The van der Waals surface area contributed by atoms with Crippen LogP contribution in [0, 0.1) is 0 Å². The molecule has 1 aliphatic heterocycles. The van der Waals surface area contributed by atoms with E-state index in [1.54, 1.807) is 11.8 Å². The van der Waals surface area contributed by atoms with Crippen molar-refractivity contribution in [2.24, 2.45) is 5.73 Å². The van der Waals surface area contributed by atoms with E-state index in [9.17, 15) is 9.59 Å². The van der Waals surface area contributed by atoms with E-state index in [1.807, 2.05) is 24.3 Å². The molecular formula is C13H15ClN2O2. The first-order valence-electron chi connectivity index (χ1n) is 5.83. The van der Waals surface area contributed by atoms with Crippen molar-refractivity contribution >= 4 is 23.4 Å². The molecule has 0 bridgehead atoms. The molecule has 2 rings (SSSR count). The Kier molecular flexibility index (Phi) is 3.57. The number of hydrogen-bond donors (Lipinski definition) is 1. The van der Waals surface area contributed by atoms with Crippen LogP contribution in [0.5, 0.6) is 0 Å². The standard InChI is InChI=1S/C13H15ClN2O2/c1-8(13(15)18)16-7-10(6-12(16)17)9-2-4-11(14)5-3-9/h2-5,8,10H,6-7H2,1H3,(H2,15,18)/t8-,10-/m1/s1. The molecule has 1 aromatic carbocycles. The summed E-state index contributed by atoms with van der Waals surface area (Å²) < 4.78 is 0. The van der Waals surface area contributed by atoms with E-state index in [-0.39, 0.29) is 11.8 Å². The van der Waals surface area contributed by atoms with Crippen molar-refractivity contribution in [3.05, 3.63) is 34.9 Å². The second-order valence-electron chi connectivity index (χ2n) is 4.58. The minimum absolute atomic E-state index is 0.0266. The first-order chi connectivity index (χ1) is 8.49. The van der Waals surface area contributed by atoms with Gasteiger partial charge in [-0.1, -0.05) is 23.7 Å². The van der Waals surface area contributed by atoms with Gasteiger partial charge in [-0.15, -0.1) is 0 Å². The van der Waals surface area contributed by atoms with Crippen molar-refractivity contribution in [1.29, 1.82) is 0 Å². The number of benzene rings is 1. The number of hydrogen-bond acceptors (Lipinski definition) is 2. The zero-order chi connectivity index (χ0) is 13.3. The van der Waals surface area contributed by atoms with Crippen LogP contribution in [0.2, 0.25) is 5.02 Å². The highest BCUT2D eigenvalue weighted by Gasteiger charge is 2.35. The Balaban J connectivity index is 2.13. The van der Waals surface area contributed by atoms with E-state index in [1.165, 1.54) is 0 Å². The molecule has 1 fully saturated rings. The first-order valence-corrected chi connectivity index (χ1v) is 6.21. The predicted octanol–water partition coefficient (Wildman–Crippen LogP) is 1.53. The van der Waals surface area contributed by atoms with Crippen molar-refractivity contribution in [2.45, 2.75) is 25.3 Å². The number of nitrogens with two attached hydrogens (primary N) is 1. The average Bonchev–Trinajstić information content (AvgIpc) is 2.71. The van der Waals surface area contributed by atoms with Crippen LogP contribution in [0.3, 0.4) is 0 Å². The van der Waals surface area contributed by atoms with Gasteiger partial charge in [0.1, 0.15) is 6.04 Å². The molecule has 0 unspecified atom stereocenters. The fourth-order valence-electron chi connectivity index (χ4n) is 2.22. The van der Waals surface area contributed by atoms with E-state index in [4.69, 9.17) is 17.3 Å². The summed E-state index contributed by atoms with van der Waals surface area (Å²) in [6.45, 7) is 2.19. The zero-order valence-corrected chi connectivity index (χ0v) is 10.9. The van der Waals surface area contributed by atoms with Crippen molar-refractivity contribution in [2.75, 3.05) is 6.54 Å². The maximum absolute atomic E-state index is 11.9. The van der Waals surface area contributed by atoms with Gasteiger partial charge < -0.3 is 10.6 Å². The maximum atomic E-state index is 11.9. The number of nitrogens with zero attached hydrogens (tertiary/aromatic N) is 1. The normalized spacial score (nSPS) is 21.1. The molecule has 96 valence electrons. The Morgan fingerprint density at radius 1 is 1.44 bits per heavy atom. The van der Waals surface area contributed by atoms with Crippen molar-refractivity contribution in [3.8, 4) is 0 Å². The third-order valence-corrected chi connectivity index (χ3v) is 3.63. The smallest absolute Gasteiger partial charge is 0.239 e. The third kappa shape index (κ3) is 2.48. The number of carbonyl (C=O) groups is 2. The molecule has 2 N–H and O–H groups in total. The Hall–Kier alpha value is -1.55. The Bertz CT molecular complexity index is 472. The topological polar surface area (TPSA) is 63.4 Å². The van der Waals surface area contributed by atoms with Crippen molar-refractivity contribution < 1.29 is 9.59 Å². The van der Waals surface area contributed by atoms with Gasteiger partial charge in [0.25, 0.3) is 0 Å². The lowest BCUT2D eigenvalue weighted by atomic mass is 9.98. The summed E-state index contributed by atoms with van der Waals surface area (Å²) in [4.78, 5) is 24.5. The Morgan fingerprint density at radius 2 is 2.06 bits per heavy atom. The number of halogens is 1. The van der Waals surface area contributed by atoms with E-state index in [0.29, 0.717) is 18.0 Å². The van der Waals surface area contributed by atoms with Crippen LogP contribution in [0.15, 0.2) is 24.3 Å². The number of amides is 2. The van der Waals surface area contributed by atoms with Gasteiger partial charge in [0.05, 0.1) is 0 Å². The van der Waals surface area contributed by atoms with E-state index < -0.39 is 11.9 Å². The average molecular weight is 267 g/mol. The molecule has 2 atom stereocenters. The minimum Gasteiger partial charge on any atom is -0.368 e. The molecule has 1 heterocycles. The summed E-state index contributed by atoms with van der Waals surface area (Å²) in [7, 11) is 0. The second kappa shape index (κ2) is 4.98. The lowest BCUT2D eigenvalue weighted by Gasteiger charge is -2.21. The molecule has 1 saturated heterocycles. The van der Waals surface area contributed by atoms with Crippen molar-refractivity contribution in [1.82, 2.24) is 4.90 Å². The lowest BCUT2D eigenvalue weighted by Crippen LogP contribution is -2.43. The molecule has 4 nitrogen and oxygen atoms in total. The number of likely N-dealkylation sites (tertiary alicyclic amines) is 1. The van der Waals surface area contributed by atoms with Gasteiger partial charge in [-0.3, -0.25) is 9.59 Å². The Morgan fingerprint density at radius 3 is 2.61 bits per heavy atom. The van der Waals surface area contributed by atoms with Crippen LogP contribution in [-0.4, -0.2) is 29.3 Å². The highest BCUT2D eigenvalue weighted by molar-refractivity contribution is 6.30. The van der Waals surface area contributed by atoms with E-state index in [0.717, 1.165) is 5.56 Å². The SMILES string of the molecule is C[C@H](C(N)=O)N1C[C@H](c2ccc(Cl)cc2)CC1=O. The highest BCUT2D eigenvalue weighted by atomic mass is 35.5. The van der Waals surface area contributed by atoms with Gasteiger partial charge in [0.15, 0.2) is 0 Å². The second-order valence-corrected chi connectivity index (χ2v) is 5.01. The quantitative estimate of drug-likeness (QED) is 0.902. The van der Waals surface area contributed by atoms with Gasteiger partial charge in [-0.05, 0) is 24.6 Å². The Labute approximate surface area is 111 Å². The van der Waals surface area contributed by atoms with Crippen LogP contribution in [0.1, 0.15) is 24.8 Å². The molecule has 0 spiro atoms. The predicted molar refractivity (Wildman–Crippen MR) is 69.2 cm³/mol. The van der Waals surface area contributed by atoms with Gasteiger partial charge in [0.2, 0.25) is 11.8 Å². The first kappa shape index (κ1) is 12.9. The number of primary amides is 1. The molecule has 1 aromatic rings. The van der Waals surface area contributed by atoms with Gasteiger partial charge in [-0.25, -0.2) is 0 Å². The fraction of sp³-hybridized carbons (Fsp3) is 0.385. The third-order valence-electron chi connectivity index (χ3n) is 3.38. The van der Waals surface area contributed by atoms with Gasteiger partial charge in [0, 0.05) is 23.9 Å². The van der Waals surface area contributed by atoms with Gasteiger partial charge in [-0.2, -0.15) is 0 Å². The molecule has 0 saturated carbocycles. The lowest BCUT2D eigenvalue weighted by molar-refractivity contribution is -0.135. The maximum Gasteiger partial charge on any atom is 0.239 e. The number of carbonyl (C=O) groups excluding carboxylic acids is 2. The molecule has 18 heavy (non-hydrogen) atoms. The van der Waals surface area contributed by atoms with Crippen molar-refractivity contribution in [3.63, 3.8) is 0 Å². The molecule has 2 amide bonds. The molecule has 0 radical (unpaired) electrons. The van der Waals surface area contributed by atoms with Crippen LogP contribution < -0.4 is 5.73 Å². The largest absolute Gasteiger partial charge is 0.368 e. The molecule has 0 aliphatic carbocycles. The summed E-state index contributed by atoms with van der Waals surface area (Å²) in [5.41, 5.74) is 6.29. The molecule has 1 aliphatic rings. The summed E-state index contributed by atoms with van der Waals surface area (Å²) in [5.74, 6) is -0.391. The summed E-state index contributed by atoms with van der Waals surface area (Å²) in [6.07, 6.45) is 0.416. The summed E-state index contributed by atoms with van der Waals surface area (Å²) in [5, 5.41) is 0.672. The van der Waals surface area contributed by atoms with Crippen LogP contribution in [0.4, 0.5) is 0 Å². The number of rotatable bonds is 3. The molecular weight excluding hydrogens is 252 g/mol. The zero-order valence-electron chi connectivity index (χ0n) is 10.1. The monoisotopic (exact) mass is 266 g/mol. The fourth-order valence-corrected chi connectivity index (χ4v) is 2.34. The summed E-state index contributed by atoms with van der Waals surface area (Å²) >= 11 is 5.83. The molecule has 5 heteroatoms. The van der Waals surface area contributed by atoms with Crippen LogP contribution >= 0.6 is 11.6 Å².